The summed E-state index contributed by atoms with van der Waals surface area (Å²) < 4.78 is 0. The van der Waals surface area contributed by atoms with Gasteiger partial charge in [-0.2, -0.15) is 0 Å². The molecule has 1 aromatic carbocycles. The van der Waals surface area contributed by atoms with Crippen LogP contribution in [0.2, 0.25) is 0 Å². The fraction of sp³-hybridized carbons (Fsp3) is 0.500. The number of carbonyl (C=O) groups excluding carboxylic acids is 2. The Morgan fingerprint density at radius 2 is 1.78 bits per heavy atom. The molecule has 23 heavy (non-hydrogen) atoms. The third-order valence-corrected chi connectivity index (χ3v) is 4.94. The molecule has 0 aliphatic heterocycles. The normalized spacial score (nSPS) is 19.2. The van der Waals surface area contributed by atoms with Crippen molar-refractivity contribution in [3.63, 3.8) is 0 Å². The van der Waals surface area contributed by atoms with E-state index in [9.17, 15) is 14.7 Å². The molecule has 0 aromatic heterocycles. The Morgan fingerprint density at radius 1 is 1.17 bits per heavy atom. The zero-order chi connectivity index (χ0) is 16.9. The molecule has 0 bridgehead atoms. The van der Waals surface area contributed by atoms with Crippen molar-refractivity contribution >= 4 is 11.8 Å². The Morgan fingerprint density at radius 3 is 2.30 bits per heavy atom. The average molecular weight is 317 g/mol. The highest BCUT2D eigenvalue weighted by atomic mass is 16.3. The largest absolute Gasteiger partial charge is 0.393 e. The van der Waals surface area contributed by atoms with Gasteiger partial charge in [0.05, 0.1) is 17.4 Å². The van der Waals surface area contributed by atoms with E-state index >= 15 is 0 Å². The lowest BCUT2D eigenvalue weighted by Gasteiger charge is -2.33. The van der Waals surface area contributed by atoms with Gasteiger partial charge >= 0.3 is 0 Å². The van der Waals surface area contributed by atoms with Gasteiger partial charge in [0, 0.05) is 0 Å². The van der Waals surface area contributed by atoms with E-state index in [1.54, 1.807) is 6.42 Å². The van der Waals surface area contributed by atoms with Crippen LogP contribution in [-0.2, 0) is 16.0 Å². The summed E-state index contributed by atoms with van der Waals surface area (Å²) in [6.45, 7) is 0. The highest BCUT2D eigenvalue weighted by molar-refractivity contribution is 5.89. The number of rotatable bonds is 8. The SMILES string of the molecule is NC(=O)[C@@H](C[C@@H](O)[CH]Cc1ccccc1)C1(C(N)=O)CCCC1. The van der Waals surface area contributed by atoms with Crippen molar-refractivity contribution in [3.8, 4) is 0 Å². The number of hydrogen-bond acceptors (Lipinski definition) is 3. The van der Waals surface area contributed by atoms with E-state index in [2.05, 4.69) is 0 Å². The van der Waals surface area contributed by atoms with Crippen LogP contribution < -0.4 is 11.5 Å². The van der Waals surface area contributed by atoms with Crippen LogP contribution in [0.4, 0.5) is 0 Å². The van der Waals surface area contributed by atoms with Gasteiger partial charge < -0.3 is 16.6 Å². The molecule has 0 heterocycles. The molecule has 5 heteroatoms. The van der Waals surface area contributed by atoms with Gasteiger partial charge in [0.2, 0.25) is 11.8 Å². The van der Waals surface area contributed by atoms with Crippen LogP contribution >= 0.6 is 0 Å². The molecule has 1 aliphatic carbocycles. The van der Waals surface area contributed by atoms with E-state index in [1.807, 2.05) is 30.3 Å². The number of nitrogens with two attached hydrogens (primary N) is 2. The smallest absolute Gasteiger partial charge is 0.224 e. The Bertz CT molecular complexity index is 538. The minimum atomic E-state index is -0.895. The summed E-state index contributed by atoms with van der Waals surface area (Å²) in [6.07, 6.45) is 4.54. The molecule has 0 spiro atoms. The predicted octanol–water partition coefficient (Wildman–Crippen LogP) is 1.33. The summed E-state index contributed by atoms with van der Waals surface area (Å²) in [6, 6.07) is 9.73. The molecule has 1 fully saturated rings. The number of aliphatic hydroxyl groups is 1. The van der Waals surface area contributed by atoms with Crippen molar-refractivity contribution in [2.24, 2.45) is 22.8 Å². The fourth-order valence-corrected chi connectivity index (χ4v) is 3.61. The minimum absolute atomic E-state index is 0.144. The quantitative estimate of drug-likeness (QED) is 0.673. The lowest BCUT2D eigenvalue weighted by atomic mass is 9.70. The van der Waals surface area contributed by atoms with Gasteiger partial charge in [-0.3, -0.25) is 9.59 Å². The summed E-state index contributed by atoms with van der Waals surface area (Å²) in [4.78, 5) is 23.8. The van der Waals surface area contributed by atoms with E-state index < -0.39 is 29.3 Å². The monoisotopic (exact) mass is 317 g/mol. The van der Waals surface area contributed by atoms with Crippen molar-refractivity contribution in [2.45, 2.75) is 44.6 Å². The first-order valence-corrected chi connectivity index (χ1v) is 8.10. The molecule has 1 saturated carbocycles. The maximum absolute atomic E-state index is 12.0. The van der Waals surface area contributed by atoms with Crippen LogP contribution in [0.25, 0.3) is 0 Å². The van der Waals surface area contributed by atoms with Gasteiger partial charge in [0.15, 0.2) is 0 Å². The molecule has 5 nitrogen and oxygen atoms in total. The van der Waals surface area contributed by atoms with Gasteiger partial charge in [-0.25, -0.2) is 0 Å². The Balaban J connectivity index is 2.01. The average Bonchev–Trinajstić information content (AvgIpc) is 3.02. The van der Waals surface area contributed by atoms with Crippen LogP contribution in [0, 0.1) is 17.8 Å². The van der Waals surface area contributed by atoms with E-state index in [-0.39, 0.29) is 6.42 Å². The first kappa shape index (κ1) is 17.5. The molecule has 5 N–H and O–H groups in total. The van der Waals surface area contributed by atoms with Crippen LogP contribution in [0.5, 0.6) is 0 Å². The molecule has 2 rings (SSSR count). The number of carbonyl (C=O) groups is 2. The number of benzene rings is 1. The molecule has 2 atom stereocenters. The number of primary amides is 2. The molecule has 2 amide bonds. The molecule has 0 unspecified atom stereocenters. The van der Waals surface area contributed by atoms with Gasteiger partial charge in [-0.15, -0.1) is 0 Å². The third kappa shape index (κ3) is 4.10. The van der Waals surface area contributed by atoms with E-state index in [0.717, 1.165) is 18.4 Å². The highest BCUT2D eigenvalue weighted by Gasteiger charge is 2.49. The van der Waals surface area contributed by atoms with Crippen molar-refractivity contribution < 1.29 is 14.7 Å². The summed E-state index contributed by atoms with van der Waals surface area (Å²) in [5.74, 6) is -1.75. The van der Waals surface area contributed by atoms with Gasteiger partial charge in [0.1, 0.15) is 0 Å². The second-order valence-corrected chi connectivity index (χ2v) is 6.41. The first-order valence-electron chi connectivity index (χ1n) is 8.10. The Hall–Kier alpha value is -1.88. The molecule has 0 saturated heterocycles. The molecular formula is C18H25N2O3. The summed E-state index contributed by atoms with van der Waals surface area (Å²) in [7, 11) is 0. The van der Waals surface area contributed by atoms with Crippen molar-refractivity contribution in [2.75, 3.05) is 0 Å². The summed E-state index contributed by atoms with van der Waals surface area (Å²) in [5, 5.41) is 10.3. The van der Waals surface area contributed by atoms with Crippen LogP contribution in [0.15, 0.2) is 30.3 Å². The zero-order valence-corrected chi connectivity index (χ0v) is 13.3. The van der Waals surface area contributed by atoms with Gasteiger partial charge in [-0.05, 0) is 37.7 Å². The minimum Gasteiger partial charge on any atom is -0.393 e. The lowest BCUT2D eigenvalue weighted by molar-refractivity contribution is -0.139. The molecule has 1 aliphatic rings. The van der Waals surface area contributed by atoms with E-state index in [0.29, 0.717) is 19.3 Å². The molecule has 125 valence electrons. The molecule has 1 aromatic rings. The topological polar surface area (TPSA) is 106 Å². The molecule has 1 radical (unpaired) electrons. The van der Waals surface area contributed by atoms with Crippen LogP contribution in [0.3, 0.4) is 0 Å². The predicted molar refractivity (Wildman–Crippen MR) is 87.8 cm³/mol. The first-order chi connectivity index (χ1) is 11.0. The maximum Gasteiger partial charge on any atom is 0.224 e. The zero-order valence-electron chi connectivity index (χ0n) is 13.3. The lowest BCUT2D eigenvalue weighted by Crippen LogP contribution is -2.48. The van der Waals surface area contributed by atoms with Crippen LogP contribution in [-0.4, -0.2) is 23.0 Å². The van der Waals surface area contributed by atoms with E-state index in [1.165, 1.54) is 0 Å². The van der Waals surface area contributed by atoms with Crippen LogP contribution in [0.1, 0.15) is 37.7 Å². The van der Waals surface area contributed by atoms with Gasteiger partial charge in [0.25, 0.3) is 0 Å². The number of amides is 2. The summed E-state index contributed by atoms with van der Waals surface area (Å²) >= 11 is 0. The van der Waals surface area contributed by atoms with E-state index in [4.69, 9.17) is 11.5 Å². The maximum atomic E-state index is 12.0. The molecular weight excluding hydrogens is 292 g/mol. The standard InChI is InChI=1S/C18H25N2O3/c19-16(22)15(18(17(20)23)10-4-5-11-18)12-14(21)9-8-13-6-2-1-3-7-13/h1-3,6-7,9,14-15,21H,4-5,8,10-12H2,(H2,19,22)(H2,20,23)/t14-,15+/m0/s1. The fourth-order valence-electron chi connectivity index (χ4n) is 3.61. The summed E-state index contributed by atoms with van der Waals surface area (Å²) in [5.41, 5.74) is 11.3. The Kier molecular flexibility index (Phi) is 5.77. The number of aliphatic hydroxyl groups excluding tert-OH is 1. The second kappa shape index (κ2) is 7.59. The second-order valence-electron chi connectivity index (χ2n) is 6.41. The third-order valence-electron chi connectivity index (χ3n) is 4.94. The van der Waals surface area contributed by atoms with Crippen molar-refractivity contribution in [3.05, 3.63) is 42.3 Å². The van der Waals surface area contributed by atoms with Gasteiger partial charge in [-0.1, -0.05) is 43.2 Å². The van der Waals surface area contributed by atoms with Crippen molar-refractivity contribution in [1.29, 1.82) is 0 Å². The number of hydrogen-bond donors (Lipinski definition) is 3. The Labute approximate surface area is 137 Å². The van der Waals surface area contributed by atoms with Crippen molar-refractivity contribution in [1.82, 2.24) is 0 Å². The highest BCUT2D eigenvalue weighted by Crippen LogP contribution is 2.46.